The Morgan fingerprint density at radius 2 is 1.79 bits per heavy atom. The van der Waals surface area contributed by atoms with Crippen molar-refractivity contribution in [3.63, 3.8) is 0 Å². The summed E-state index contributed by atoms with van der Waals surface area (Å²) in [5.74, 6) is 0. The third kappa shape index (κ3) is 4.99. The van der Waals surface area contributed by atoms with Crippen LogP contribution in [-0.2, 0) is 15.9 Å². The van der Waals surface area contributed by atoms with Gasteiger partial charge in [0.05, 0.1) is 23.9 Å². The first-order chi connectivity index (χ1) is 9.24. The predicted octanol–water partition coefficient (Wildman–Crippen LogP) is 1.94. The quantitative estimate of drug-likeness (QED) is 0.754. The molecule has 0 saturated carbocycles. The van der Waals surface area contributed by atoms with Crippen molar-refractivity contribution < 1.29 is 9.47 Å². The standard InChI is InChI=1S/C14H23ClN2O2/c1-18-10-8-17(9-11-19-2)14-12(6-7-16)4-3-5-13(14)15/h3-5H,6-11,16H2,1-2H3. The number of para-hydroxylation sites is 1. The Kier molecular flexibility index (Phi) is 7.82. The van der Waals surface area contributed by atoms with Gasteiger partial charge < -0.3 is 20.1 Å². The SMILES string of the molecule is COCCN(CCOC)c1c(Cl)cccc1CCN. The summed E-state index contributed by atoms with van der Waals surface area (Å²) < 4.78 is 10.3. The third-order valence-electron chi connectivity index (χ3n) is 2.93. The summed E-state index contributed by atoms with van der Waals surface area (Å²) in [6, 6.07) is 5.94. The highest BCUT2D eigenvalue weighted by Crippen LogP contribution is 2.30. The Bertz CT molecular complexity index is 366. The smallest absolute Gasteiger partial charge is 0.0642 e. The lowest BCUT2D eigenvalue weighted by atomic mass is 10.1. The summed E-state index contributed by atoms with van der Waals surface area (Å²) >= 11 is 6.35. The van der Waals surface area contributed by atoms with Gasteiger partial charge in [-0.3, -0.25) is 0 Å². The van der Waals surface area contributed by atoms with Crippen LogP contribution in [0, 0.1) is 0 Å². The van der Waals surface area contributed by atoms with E-state index in [9.17, 15) is 0 Å². The number of benzene rings is 1. The van der Waals surface area contributed by atoms with Gasteiger partial charge in [-0.1, -0.05) is 23.7 Å². The van der Waals surface area contributed by atoms with Gasteiger partial charge in [-0.15, -0.1) is 0 Å². The molecule has 0 spiro atoms. The Morgan fingerprint density at radius 3 is 2.32 bits per heavy atom. The molecular weight excluding hydrogens is 264 g/mol. The minimum Gasteiger partial charge on any atom is -0.383 e. The van der Waals surface area contributed by atoms with Crippen LogP contribution in [0.1, 0.15) is 5.56 Å². The molecule has 19 heavy (non-hydrogen) atoms. The minimum absolute atomic E-state index is 0.607. The molecule has 2 N–H and O–H groups in total. The Balaban J connectivity index is 2.97. The molecule has 0 saturated heterocycles. The topological polar surface area (TPSA) is 47.7 Å². The van der Waals surface area contributed by atoms with Gasteiger partial charge in [0.25, 0.3) is 0 Å². The van der Waals surface area contributed by atoms with Crippen molar-refractivity contribution in [3.8, 4) is 0 Å². The molecule has 1 rings (SSSR count). The molecule has 4 nitrogen and oxygen atoms in total. The highest BCUT2D eigenvalue weighted by molar-refractivity contribution is 6.33. The molecule has 0 radical (unpaired) electrons. The number of methoxy groups -OCH3 is 2. The van der Waals surface area contributed by atoms with E-state index < -0.39 is 0 Å². The van der Waals surface area contributed by atoms with Crippen LogP contribution in [-0.4, -0.2) is 47.1 Å². The number of ether oxygens (including phenoxy) is 2. The molecule has 0 amide bonds. The van der Waals surface area contributed by atoms with Crippen LogP contribution < -0.4 is 10.6 Å². The van der Waals surface area contributed by atoms with Crippen molar-refractivity contribution in [2.75, 3.05) is 52.0 Å². The molecule has 0 heterocycles. The van der Waals surface area contributed by atoms with Crippen molar-refractivity contribution in [2.24, 2.45) is 5.73 Å². The molecule has 5 heteroatoms. The number of nitrogens with zero attached hydrogens (tertiary/aromatic N) is 1. The zero-order chi connectivity index (χ0) is 14.1. The summed E-state index contributed by atoms with van der Waals surface area (Å²) in [5, 5.41) is 0.748. The lowest BCUT2D eigenvalue weighted by Gasteiger charge is -2.27. The fraction of sp³-hybridized carbons (Fsp3) is 0.571. The van der Waals surface area contributed by atoms with Crippen LogP contribution in [0.5, 0.6) is 0 Å². The first-order valence-electron chi connectivity index (χ1n) is 6.44. The molecule has 0 bridgehead atoms. The molecule has 108 valence electrons. The van der Waals surface area contributed by atoms with Crippen LogP contribution in [0.2, 0.25) is 5.02 Å². The van der Waals surface area contributed by atoms with Gasteiger partial charge in [0, 0.05) is 27.3 Å². The highest BCUT2D eigenvalue weighted by atomic mass is 35.5. The summed E-state index contributed by atoms with van der Waals surface area (Å²) in [6.45, 7) is 3.46. The Labute approximate surface area is 120 Å². The van der Waals surface area contributed by atoms with E-state index in [1.807, 2.05) is 12.1 Å². The molecule has 0 aliphatic heterocycles. The second-order valence-corrected chi connectivity index (χ2v) is 4.67. The van der Waals surface area contributed by atoms with Crippen LogP contribution in [0.25, 0.3) is 0 Å². The van der Waals surface area contributed by atoms with Crippen molar-refractivity contribution >= 4 is 17.3 Å². The number of rotatable bonds is 9. The fourth-order valence-electron chi connectivity index (χ4n) is 2.01. The summed E-state index contributed by atoms with van der Waals surface area (Å²) in [4.78, 5) is 2.19. The molecular formula is C14H23ClN2O2. The highest BCUT2D eigenvalue weighted by Gasteiger charge is 2.14. The number of hydrogen-bond acceptors (Lipinski definition) is 4. The summed E-state index contributed by atoms with van der Waals surface area (Å²) in [6.07, 6.45) is 0.812. The van der Waals surface area contributed by atoms with Crippen LogP contribution in [0.15, 0.2) is 18.2 Å². The first-order valence-corrected chi connectivity index (χ1v) is 6.82. The maximum absolute atomic E-state index is 6.35. The van der Waals surface area contributed by atoms with E-state index in [-0.39, 0.29) is 0 Å². The zero-order valence-corrected chi connectivity index (χ0v) is 12.4. The van der Waals surface area contributed by atoms with Gasteiger partial charge in [0.15, 0.2) is 0 Å². The van der Waals surface area contributed by atoms with Gasteiger partial charge in [0.1, 0.15) is 0 Å². The molecule has 1 aromatic carbocycles. The Hall–Kier alpha value is -0.810. The third-order valence-corrected chi connectivity index (χ3v) is 3.24. The van der Waals surface area contributed by atoms with Crippen LogP contribution in [0.3, 0.4) is 0 Å². The molecule has 0 fully saturated rings. The monoisotopic (exact) mass is 286 g/mol. The maximum Gasteiger partial charge on any atom is 0.0642 e. The molecule has 0 aliphatic carbocycles. The van der Waals surface area contributed by atoms with E-state index in [1.165, 1.54) is 5.56 Å². The van der Waals surface area contributed by atoms with Crippen LogP contribution >= 0.6 is 11.6 Å². The number of anilines is 1. The largest absolute Gasteiger partial charge is 0.383 e. The number of hydrogen-bond donors (Lipinski definition) is 1. The maximum atomic E-state index is 6.35. The summed E-state index contributed by atoms with van der Waals surface area (Å²) in [5.41, 5.74) is 7.88. The van der Waals surface area contributed by atoms with E-state index in [1.54, 1.807) is 14.2 Å². The predicted molar refractivity (Wildman–Crippen MR) is 80.2 cm³/mol. The fourth-order valence-corrected chi connectivity index (χ4v) is 2.32. The van der Waals surface area contributed by atoms with Gasteiger partial charge in [0.2, 0.25) is 0 Å². The lowest BCUT2D eigenvalue weighted by molar-refractivity contribution is 0.190. The van der Waals surface area contributed by atoms with Gasteiger partial charge in [-0.2, -0.15) is 0 Å². The van der Waals surface area contributed by atoms with Gasteiger partial charge in [-0.05, 0) is 24.6 Å². The molecule has 0 aliphatic rings. The molecule has 0 atom stereocenters. The average molecular weight is 287 g/mol. The van der Waals surface area contributed by atoms with Gasteiger partial charge >= 0.3 is 0 Å². The number of halogens is 1. The van der Waals surface area contributed by atoms with E-state index in [0.29, 0.717) is 19.8 Å². The van der Waals surface area contributed by atoms with Crippen molar-refractivity contribution in [3.05, 3.63) is 28.8 Å². The average Bonchev–Trinajstić information content (AvgIpc) is 2.41. The van der Waals surface area contributed by atoms with E-state index in [4.69, 9.17) is 26.8 Å². The van der Waals surface area contributed by atoms with Crippen molar-refractivity contribution in [2.45, 2.75) is 6.42 Å². The minimum atomic E-state index is 0.607. The molecule has 1 aromatic rings. The Morgan fingerprint density at radius 1 is 1.16 bits per heavy atom. The molecule has 0 aromatic heterocycles. The van der Waals surface area contributed by atoms with Crippen LogP contribution in [0.4, 0.5) is 5.69 Å². The first kappa shape index (κ1) is 16.2. The van der Waals surface area contributed by atoms with Gasteiger partial charge in [-0.25, -0.2) is 0 Å². The lowest BCUT2D eigenvalue weighted by Crippen LogP contribution is -2.32. The second-order valence-electron chi connectivity index (χ2n) is 4.26. The second kappa shape index (κ2) is 9.15. The normalized spacial score (nSPS) is 10.7. The summed E-state index contributed by atoms with van der Waals surface area (Å²) in [7, 11) is 3.39. The van der Waals surface area contributed by atoms with Crippen molar-refractivity contribution in [1.82, 2.24) is 0 Å². The van der Waals surface area contributed by atoms with E-state index in [0.717, 1.165) is 30.2 Å². The van der Waals surface area contributed by atoms with Crippen molar-refractivity contribution in [1.29, 1.82) is 0 Å². The number of nitrogens with two attached hydrogens (primary N) is 1. The van der Waals surface area contributed by atoms with E-state index in [2.05, 4.69) is 11.0 Å². The molecule has 0 unspecified atom stereocenters. The zero-order valence-electron chi connectivity index (χ0n) is 11.7. The van der Waals surface area contributed by atoms with E-state index >= 15 is 0 Å².